The highest BCUT2D eigenvalue weighted by Crippen LogP contribution is 2.48. The van der Waals surface area contributed by atoms with E-state index in [1.54, 1.807) is 0 Å². The van der Waals surface area contributed by atoms with Gasteiger partial charge in [-0.25, -0.2) is 0 Å². The van der Waals surface area contributed by atoms with Crippen LogP contribution in [0.2, 0.25) is 0 Å². The molecule has 122 valence electrons. The summed E-state index contributed by atoms with van der Waals surface area (Å²) in [6.07, 6.45) is 8.99. The average molecular weight is 313 g/mol. The molecule has 0 aromatic rings. The monoisotopic (exact) mass is 312 g/mol. The molecule has 0 aliphatic heterocycles. The lowest BCUT2D eigenvalue weighted by Gasteiger charge is -2.34. The Kier molecular flexibility index (Phi) is 7.49. The van der Waals surface area contributed by atoms with Gasteiger partial charge in [0.15, 0.2) is 0 Å². The standard InChI is InChI=1S/C18H32O2S/c1-5-18(20,6-2)14-21-13-16-10-9-15(3)17(16,4)11-7-8-12-19/h10,12,15,20H,5-9,11,13-14H2,1-4H3. The third-order valence-corrected chi connectivity index (χ3v) is 6.76. The number of hydrogen-bond acceptors (Lipinski definition) is 3. The van der Waals surface area contributed by atoms with Gasteiger partial charge in [-0.05, 0) is 43.4 Å². The number of carbonyl (C=O) groups excluding carboxylic acids is 1. The van der Waals surface area contributed by atoms with E-state index in [1.807, 2.05) is 11.8 Å². The molecule has 1 rings (SSSR count). The van der Waals surface area contributed by atoms with Crippen molar-refractivity contribution < 1.29 is 9.90 Å². The van der Waals surface area contributed by atoms with E-state index in [4.69, 9.17) is 0 Å². The third-order valence-electron chi connectivity index (χ3n) is 5.50. The van der Waals surface area contributed by atoms with Crippen LogP contribution in [0.15, 0.2) is 11.6 Å². The zero-order valence-electron chi connectivity index (χ0n) is 14.2. The highest BCUT2D eigenvalue weighted by molar-refractivity contribution is 7.99. The largest absolute Gasteiger partial charge is 0.389 e. The van der Waals surface area contributed by atoms with Gasteiger partial charge < -0.3 is 9.90 Å². The first-order valence-electron chi connectivity index (χ1n) is 8.35. The summed E-state index contributed by atoms with van der Waals surface area (Å²) in [7, 11) is 0. The molecule has 0 aromatic heterocycles. The summed E-state index contributed by atoms with van der Waals surface area (Å²) in [6, 6.07) is 0. The van der Waals surface area contributed by atoms with E-state index in [0.29, 0.717) is 12.3 Å². The summed E-state index contributed by atoms with van der Waals surface area (Å²) in [5, 5.41) is 10.4. The fourth-order valence-electron chi connectivity index (χ4n) is 3.12. The van der Waals surface area contributed by atoms with Gasteiger partial charge in [0.1, 0.15) is 6.29 Å². The Morgan fingerprint density at radius 3 is 2.71 bits per heavy atom. The second kappa shape index (κ2) is 8.38. The zero-order valence-corrected chi connectivity index (χ0v) is 15.0. The maximum Gasteiger partial charge on any atom is 0.119 e. The molecule has 1 aliphatic rings. The SMILES string of the molecule is CCC(O)(CC)CSCC1=CCC(C)C1(C)CCCC=O. The maximum absolute atomic E-state index is 10.5. The Hall–Kier alpha value is -0.280. The second-order valence-electron chi connectivity index (χ2n) is 6.77. The van der Waals surface area contributed by atoms with Crippen molar-refractivity contribution in [1.82, 2.24) is 0 Å². The predicted octanol–water partition coefficient (Wildman–Crippen LogP) is 4.61. The number of carbonyl (C=O) groups is 1. The van der Waals surface area contributed by atoms with E-state index in [2.05, 4.69) is 33.8 Å². The number of aldehydes is 1. The van der Waals surface area contributed by atoms with Crippen molar-refractivity contribution in [3.05, 3.63) is 11.6 Å². The van der Waals surface area contributed by atoms with Crippen LogP contribution in [-0.4, -0.2) is 28.5 Å². The van der Waals surface area contributed by atoms with Crippen molar-refractivity contribution in [2.75, 3.05) is 11.5 Å². The molecule has 2 nitrogen and oxygen atoms in total. The first-order chi connectivity index (χ1) is 9.91. The van der Waals surface area contributed by atoms with Gasteiger partial charge in [0.2, 0.25) is 0 Å². The topological polar surface area (TPSA) is 37.3 Å². The summed E-state index contributed by atoms with van der Waals surface area (Å²) in [5.41, 5.74) is 1.26. The van der Waals surface area contributed by atoms with Crippen LogP contribution < -0.4 is 0 Å². The molecule has 0 bridgehead atoms. The van der Waals surface area contributed by atoms with Crippen LogP contribution in [0.5, 0.6) is 0 Å². The summed E-state index contributed by atoms with van der Waals surface area (Å²) in [6.45, 7) is 8.80. The second-order valence-corrected chi connectivity index (χ2v) is 7.75. The minimum atomic E-state index is -0.511. The first-order valence-corrected chi connectivity index (χ1v) is 9.50. The van der Waals surface area contributed by atoms with Crippen LogP contribution in [0.3, 0.4) is 0 Å². The molecule has 0 radical (unpaired) electrons. The molecule has 0 fully saturated rings. The normalized spacial score (nSPS) is 26.0. The molecule has 0 aromatic carbocycles. The van der Waals surface area contributed by atoms with Gasteiger partial charge in [0.05, 0.1) is 5.60 Å². The van der Waals surface area contributed by atoms with Gasteiger partial charge >= 0.3 is 0 Å². The summed E-state index contributed by atoms with van der Waals surface area (Å²) in [4.78, 5) is 10.5. The van der Waals surface area contributed by atoms with E-state index < -0.39 is 5.60 Å². The number of unbranched alkanes of at least 4 members (excludes halogenated alkanes) is 1. The highest BCUT2D eigenvalue weighted by atomic mass is 32.2. The molecule has 0 amide bonds. The van der Waals surface area contributed by atoms with E-state index >= 15 is 0 Å². The Balaban J connectivity index is 2.54. The molecule has 0 spiro atoms. The fourth-order valence-corrected chi connectivity index (χ4v) is 4.68. The van der Waals surface area contributed by atoms with Crippen LogP contribution >= 0.6 is 11.8 Å². The molecule has 0 saturated carbocycles. The lowest BCUT2D eigenvalue weighted by Crippen LogP contribution is -2.30. The van der Waals surface area contributed by atoms with Crippen LogP contribution in [0.1, 0.15) is 66.2 Å². The molecular formula is C18H32O2S. The number of thioether (sulfide) groups is 1. The minimum Gasteiger partial charge on any atom is -0.389 e. The molecule has 1 N–H and O–H groups in total. The van der Waals surface area contributed by atoms with Crippen LogP contribution in [-0.2, 0) is 4.79 Å². The quantitative estimate of drug-likeness (QED) is 0.363. The summed E-state index contributed by atoms with van der Waals surface area (Å²) in [5.74, 6) is 2.50. The van der Waals surface area contributed by atoms with Gasteiger partial charge in [0, 0.05) is 17.9 Å². The molecule has 0 heterocycles. The van der Waals surface area contributed by atoms with E-state index in [0.717, 1.165) is 49.9 Å². The lowest BCUT2D eigenvalue weighted by atomic mass is 9.73. The molecule has 0 saturated heterocycles. The maximum atomic E-state index is 10.5. The number of rotatable bonds is 10. The van der Waals surface area contributed by atoms with E-state index in [-0.39, 0.29) is 5.41 Å². The van der Waals surface area contributed by atoms with Gasteiger partial charge in [-0.15, -0.1) is 0 Å². The molecule has 2 atom stereocenters. The van der Waals surface area contributed by atoms with Gasteiger partial charge in [-0.2, -0.15) is 11.8 Å². The van der Waals surface area contributed by atoms with Crippen LogP contribution in [0, 0.1) is 11.3 Å². The average Bonchev–Trinajstić information content (AvgIpc) is 2.76. The Bertz CT molecular complexity index is 360. The molecule has 1 aliphatic carbocycles. The zero-order chi connectivity index (χ0) is 15.9. The highest BCUT2D eigenvalue weighted by Gasteiger charge is 2.37. The van der Waals surface area contributed by atoms with Gasteiger partial charge in [-0.3, -0.25) is 0 Å². The van der Waals surface area contributed by atoms with Crippen LogP contribution in [0.25, 0.3) is 0 Å². The first kappa shape index (κ1) is 18.8. The lowest BCUT2D eigenvalue weighted by molar-refractivity contribution is -0.108. The molecule has 3 heteroatoms. The smallest absolute Gasteiger partial charge is 0.119 e. The third kappa shape index (κ3) is 4.85. The molecule has 2 unspecified atom stereocenters. The van der Waals surface area contributed by atoms with E-state index in [1.165, 1.54) is 5.57 Å². The minimum absolute atomic E-state index is 0.243. The summed E-state index contributed by atoms with van der Waals surface area (Å²) < 4.78 is 0. The van der Waals surface area contributed by atoms with Gasteiger partial charge in [0.25, 0.3) is 0 Å². The molecule has 21 heavy (non-hydrogen) atoms. The van der Waals surface area contributed by atoms with Crippen LogP contribution in [0.4, 0.5) is 0 Å². The number of allylic oxidation sites excluding steroid dienone is 1. The van der Waals surface area contributed by atoms with Crippen molar-refractivity contribution >= 4 is 18.0 Å². The van der Waals surface area contributed by atoms with Crippen molar-refractivity contribution in [3.8, 4) is 0 Å². The van der Waals surface area contributed by atoms with Crippen molar-refractivity contribution in [3.63, 3.8) is 0 Å². The van der Waals surface area contributed by atoms with Crippen molar-refractivity contribution in [2.24, 2.45) is 11.3 Å². The number of aliphatic hydroxyl groups is 1. The van der Waals surface area contributed by atoms with Gasteiger partial charge in [-0.1, -0.05) is 39.3 Å². The Labute approximate surface area is 134 Å². The number of hydrogen-bond donors (Lipinski definition) is 1. The van der Waals surface area contributed by atoms with E-state index in [9.17, 15) is 9.90 Å². The predicted molar refractivity (Wildman–Crippen MR) is 92.7 cm³/mol. The summed E-state index contributed by atoms with van der Waals surface area (Å²) >= 11 is 1.86. The van der Waals surface area contributed by atoms with Crippen molar-refractivity contribution in [2.45, 2.75) is 71.8 Å². The molecular weight excluding hydrogens is 280 g/mol. The Morgan fingerprint density at radius 1 is 1.48 bits per heavy atom. The Morgan fingerprint density at radius 2 is 2.14 bits per heavy atom. The fraction of sp³-hybridized carbons (Fsp3) is 0.833. The van der Waals surface area contributed by atoms with Crippen molar-refractivity contribution in [1.29, 1.82) is 0 Å².